The number of hydrogen-bond acceptors (Lipinski definition) is 5. The fraction of sp³-hybridized carbons (Fsp3) is 0.294. The minimum absolute atomic E-state index is 0.0834. The Morgan fingerprint density at radius 2 is 2.04 bits per heavy atom. The summed E-state index contributed by atoms with van der Waals surface area (Å²) in [5.41, 5.74) is 3.25. The number of hydrogen-bond donors (Lipinski definition) is 1. The predicted molar refractivity (Wildman–Crippen MR) is 88.6 cm³/mol. The number of amides is 1. The van der Waals surface area contributed by atoms with Crippen molar-refractivity contribution in [2.75, 3.05) is 11.9 Å². The Labute approximate surface area is 138 Å². The van der Waals surface area contributed by atoms with Gasteiger partial charge in [-0.25, -0.2) is 0 Å². The molecule has 1 saturated heterocycles. The smallest absolute Gasteiger partial charge is 0.253 e. The normalized spacial score (nSPS) is 17.3. The lowest BCUT2D eigenvalue weighted by molar-refractivity contribution is -0.124. The van der Waals surface area contributed by atoms with E-state index in [2.05, 4.69) is 20.6 Å². The lowest BCUT2D eigenvalue weighted by Crippen LogP contribution is -2.26. The van der Waals surface area contributed by atoms with Crippen LogP contribution in [0, 0.1) is 6.92 Å². The van der Waals surface area contributed by atoms with Crippen LogP contribution >= 0.6 is 0 Å². The van der Waals surface area contributed by atoms with Crippen LogP contribution < -0.4 is 5.32 Å². The second-order valence-corrected chi connectivity index (χ2v) is 5.80. The Kier molecular flexibility index (Phi) is 3.70. The van der Waals surface area contributed by atoms with Gasteiger partial charge in [0.1, 0.15) is 6.10 Å². The molecule has 0 spiro atoms. The highest BCUT2D eigenvalue weighted by Gasteiger charge is 2.23. The molecular weight excluding hydrogens is 306 g/mol. The maximum absolute atomic E-state index is 12.1. The number of nitrogens with zero attached hydrogens (tertiary/aromatic N) is 4. The van der Waals surface area contributed by atoms with E-state index in [9.17, 15) is 4.79 Å². The summed E-state index contributed by atoms with van der Waals surface area (Å²) in [6.07, 6.45) is 1.39. The molecule has 0 radical (unpaired) electrons. The van der Waals surface area contributed by atoms with Gasteiger partial charge in [0.25, 0.3) is 5.91 Å². The van der Waals surface area contributed by atoms with Crippen molar-refractivity contribution in [3.63, 3.8) is 0 Å². The Bertz CT molecular complexity index is 882. The number of benzene rings is 1. The lowest BCUT2D eigenvalue weighted by Gasteiger charge is -2.10. The lowest BCUT2D eigenvalue weighted by atomic mass is 10.1. The summed E-state index contributed by atoms with van der Waals surface area (Å²) in [5, 5.41) is 15.5. The van der Waals surface area contributed by atoms with Gasteiger partial charge in [0.15, 0.2) is 11.5 Å². The molecule has 1 aliphatic rings. The molecule has 0 unspecified atom stereocenters. The fourth-order valence-corrected chi connectivity index (χ4v) is 2.78. The van der Waals surface area contributed by atoms with Gasteiger partial charge in [0, 0.05) is 17.9 Å². The number of nitrogens with one attached hydrogen (secondary N) is 1. The van der Waals surface area contributed by atoms with Gasteiger partial charge < -0.3 is 10.1 Å². The van der Waals surface area contributed by atoms with E-state index < -0.39 is 0 Å². The summed E-state index contributed by atoms with van der Waals surface area (Å²) >= 11 is 0. The molecule has 4 rings (SSSR count). The summed E-state index contributed by atoms with van der Waals surface area (Å²) in [6, 6.07) is 11.4. The minimum Gasteiger partial charge on any atom is -0.368 e. The van der Waals surface area contributed by atoms with E-state index in [1.54, 1.807) is 4.52 Å². The van der Waals surface area contributed by atoms with Crippen LogP contribution in [0.5, 0.6) is 0 Å². The van der Waals surface area contributed by atoms with Crippen LogP contribution in [0.25, 0.3) is 16.9 Å². The van der Waals surface area contributed by atoms with Crippen LogP contribution in [0.1, 0.15) is 18.7 Å². The van der Waals surface area contributed by atoms with Crippen LogP contribution in [0.3, 0.4) is 0 Å². The van der Waals surface area contributed by atoms with E-state index >= 15 is 0 Å². The highest BCUT2D eigenvalue weighted by molar-refractivity contribution is 5.94. The SMILES string of the molecule is Cc1nnc2ccc(-c3ccc(NC(=O)[C@H]4CCCO4)cc3)nn12. The van der Waals surface area contributed by atoms with Crippen LogP contribution in [0.2, 0.25) is 0 Å². The Morgan fingerprint density at radius 3 is 2.79 bits per heavy atom. The fourth-order valence-electron chi connectivity index (χ4n) is 2.78. The second-order valence-electron chi connectivity index (χ2n) is 5.80. The third-order valence-electron chi connectivity index (χ3n) is 4.09. The van der Waals surface area contributed by atoms with Crippen molar-refractivity contribution in [3.05, 3.63) is 42.2 Å². The van der Waals surface area contributed by atoms with Gasteiger partial charge in [-0.3, -0.25) is 4.79 Å². The minimum atomic E-state index is -0.328. The third-order valence-corrected chi connectivity index (χ3v) is 4.09. The highest BCUT2D eigenvalue weighted by Crippen LogP contribution is 2.21. The number of carbonyl (C=O) groups excluding carboxylic acids is 1. The topological polar surface area (TPSA) is 81.4 Å². The van der Waals surface area contributed by atoms with Crippen molar-refractivity contribution in [3.8, 4) is 11.3 Å². The average Bonchev–Trinajstić information content (AvgIpc) is 3.26. The first-order chi connectivity index (χ1) is 11.7. The molecule has 1 N–H and O–H groups in total. The van der Waals surface area contributed by atoms with Crippen molar-refractivity contribution in [2.24, 2.45) is 0 Å². The van der Waals surface area contributed by atoms with E-state index in [1.165, 1.54) is 0 Å². The first-order valence-electron chi connectivity index (χ1n) is 7.93. The number of anilines is 1. The molecule has 3 aromatic rings. The molecule has 0 aliphatic carbocycles. The zero-order valence-corrected chi connectivity index (χ0v) is 13.3. The molecule has 122 valence electrons. The summed E-state index contributed by atoms with van der Waals surface area (Å²) in [6.45, 7) is 2.52. The van der Waals surface area contributed by atoms with Gasteiger partial charge in [-0.2, -0.15) is 9.61 Å². The molecule has 3 heterocycles. The van der Waals surface area contributed by atoms with Crippen molar-refractivity contribution in [1.82, 2.24) is 19.8 Å². The van der Waals surface area contributed by atoms with E-state index in [-0.39, 0.29) is 12.0 Å². The molecule has 1 aromatic carbocycles. The van der Waals surface area contributed by atoms with Crippen molar-refractivity contribution < 1.29 is 9.53 Å². The quantitative estimate of drug-likeness (QED) is 0.799. The molecule has 24 heavy (non-hydrogen) atoms. The summed E-state index contributed by atoms with van der Waals surface area (Å²) in [5.74, 6) is 0.659. The molecule has 2 aromatic heterocycles. The number of fused-ring (bicyclic) bond motifs is 1. The van der Waals surface area contributed by atoms with Crippen molar-refractivity contribution in [1.29, 1.82) is 0 Å². The Morgan fingerprint density at radius 1 is 1.21 bits per heavy atom. The van der Waals surface area contributed by atoms with Crippen LogP contribution in [-0.4, -0.2) is 38.4 Å². The standard InChI is InChI=1S/C17H17N5O2/c1-11-19-20-16-9-8-14(21-22(11)16)12-4-6-13(7-5-12)18-17(23)15-3-2-10-24-15/h4-9,15H,2-3,10H2,1H3,(H,18,23)/t15-/m1/s1. The monoisotopic (exact) mass is 323 g/mol. The van der Waals surface area contributed by atoms with Gasteiger partial charge >= 0.3 is 0 Å². The molecule has 1 atom stereocenters. The van der Waals surface area contributed by atoms with E-state index in [1.807, 2.05) is 43.3 Å². The van der Waals surface area contributed by atoms with E-state index in [0.717, 1.165) is 41.3 Å². The highest BCUT2D eigenvalue weighted by atomic mass is 16.5. The van der Waals surface area contributed by atoms with Crippen molar-refractivity contribution in [2.45, 2.75) is 25.9 Å². The Balaban J connectivity index is 1.53. The third kappa shape index (κ3) is 2.74. The van der Waals surface area contributed by atoms with E-state index in [4.69, 9.17) is 4.74 Å². The second kappa shape index (κ2) is 6.01. The van der Waals surface area contributed by atoms with Gasteiger partial charge in [-0.05, 0) is 44.0 Å². The molecule has 0 saturated carbocycles. The maximum Gasteiger partial charge on any atom is 0.253 e. The molecule has 1 amide bonds. The van der Waals surface area contributed by atoms with Crippen LogP contribution in [-0.2, 0) is 9.53 Å². The first-order valence-corrected chi connectivity index (χ1v) is 7.93. The number of carbonyl (C=O) groups is 1. The number of aryl methyl sites for hydroxylation is 1. The first kappa shape index (κ1) is 14.8. The number of aromatic nitrogens is 4. The molecular formula is C17H17N5O2. The zero-order valence-electron chi connectivity index (χ0n) is 13.3. The summed E-state index contributed by atoms with van der Waals surface area (Å²) < 4.78 is 7.10. The number of rotatable bonds is 3. The predicted octanol–water partition coefficient (Wildman–Crippen LogP) is 2.22. The van der Waals surface area contributed by atoms with Gasteiger partial charge in [0.2, 0.25) is 0 Å². The van der Waals surface area contributed by atoms with E-state index in [0.29, 0.717) is 6.61 Å². The maximum atomic E-state index is 12.1. The summed E-state index contributed by atoms with van der Waals surface area (Å²) in [4.78, 5) is 12.1. The van der Waals surface area contributed by atoms with Gasteiger partial charge in [0.05, 0.1) is 5.69 Å². The molecule has 7 heteroatoms. The molecule has 7 nitrogen and oxygen atoms in total. The summed E-state index contributed by atoms with van der Waals surface area (Å²) in [7, 11) is 0. The average molecular weight is 323 g/mol. The zero-order chi connectivity index (χ0) is 16.5. The largest absolute Gasteiger partial charge is 0.368 e. The van der Waals surface area contributed by atoms with Crippen LogP contribution in [0.4, 0.5) is 5.69 Å². The molecule has 0 bridgehead atoms. The van der Waals surface area contributed by atoms with Crippen LogP contribution in [0.15, 0.2) is 36.4 Å². The van der Waals surface area contributed by atoms with Crippen molar-refractivity contribution >= 4 is 17.2 Å². The van der Waals surface area contributed by atoms with Gasteiger partial charge in [-0.1, -0.05) is 12.1 Å². The number of ether oxygens (including phenoxy) is 1. The van der Waals surface area contributed by atoms with Gasteiger partial charge in [-0.15, -0.1) is 10.2 Å². The molecule has 1 fully saturated rings. The molecule has 1 aliphatic heterocycles. The Hall–Kier alpha value is -2.80.